The van der Waals surface area contributed by atoms with Crippen molar-refractivity contribution >= 4 is 23.5 Å². The van der Waals surface area contributed by atoms with E-state index in [0.717, 1.165) is 11.5 Å². The van der Waals surface area contributed by atoms with E-state index < -0.39 is 9.74 Å². The van der Waals surface area contributed by atoms with Crippen molar-refractivity contribution in [1.29, 1.82) is 0 Å². The van der Waals surface area contributed by atoms with Gasteiger partial charge in [-0.1, -0.05) is 84.2 Å². The first-order valence-corrected chi connectivity index (χ1v) is 12.5. The van der Waals surface area contributed by atoms with Crippen molar-refractivity contribution in [3.63, 3.8) is 0 Å². The number of ether oxygens (including phenoxy) is 2. The van der Waals surface area contributed by atoms with Crippen LogP contribution >= 0.6 is 23.5 Å². The number of fused-ring (bicyclic) bond motifs is 6. The Morgan fingerprint density at radius 3 is 1.33 bits per heavy atom. The molecule has 0 amide bonds. The van der Waals surface area contributed by atoms with E-state index in [1.807, 2.05) is 47.8 Å². The van der Waals surface area contributed by atoms with Gasteiger partial charge in [-0.3, -0.25) is 5.32 Å². The molecule has 5 heteroatoms. The molecule has 0 saturated heterocycles. The van der Waals surface area contributed by atoms with Crippen LogP contribution < -0.4 is 14.8 Å². The lowest BCUT2D eigenvalue weighted by Crippen LogP contribution is -2.57. The first-order chi connectivity index (χ1) is 16.2. The van der Waals surface area contributed by atoms with E-state index in [0.29, 0.717) is 0 Å². The molecule has 2 bridgehead atoms. The van der Waals surface area contributed by atoms with Crippen molar-refractivity contribution in [3.8, 4) is 11.5 Å². The smallest absolute Gasteiger partial charge is 0.123 e. The molecule has 6 rings (SSSR count). The molecular weight excluding hydrogens is 446 g/mol. The van der Waals surface area contributed by atoms with Crippen molar-refractivity contribution in [2.24, 2.45) is 0 Å². The fourth-order valence-electron chi connectivity index (χ4n) is 4.79. The van der Waals surface area contributed by atoms with Crippen molar-refractivity contribution in [3.05, 3.63) is 119 Å². The lowest BCUT2D eigenvalue weighted by Gasteiger charge is -2.54. The van der Waals surface area contributed by atoms with Crippen LogP contribution in [0.15, 0.2) is 107 Å². The summed E-state index contributed by atoms with van der Waals surface area (Å²) in [5.74, 6) is 1.72. The molecule has 2 heterocycles. The molecule has 0 spiro atoms. The second-order valence-electron chi connectivity index (χ2n) is 8.14. The van der Waals surface area contributed by atoms with E-state index in [-0.39, 0.29) is 0 Å². The molecule has 0 fully saturated rings. The molecule has 4 aromatic carbocycles. The van der Waals surface area contributed by atoms with Crippen LogP contribution in [0.5, 0.6) is 11.5 Å². The minimum Gasteiger partial charge on any atom is -0.497 e. The monoisotopic (exact) mass is 469 g/mol. The van der Waals surface area contributed by atoms with Crippen molar-refractivity contribution < 1.29 is 9.47 Å². The Hall–Kier alpha value is -2.86. The summed E-state index contributed by atoms with van der Waals surface area (Å²) in [5.41, 5.74) is 4.97. The highest BCUT2D eigenvalue weighted by Crippen LogP contribution is 2.64. The summed E-state index contributed by atoms with van der Waals surface area (Å²) in [6, 6.07) is 34.4. The molecule has 0 aliphatic carbocycles. The van der Waals surface area contributed by atoms with Gasteiger partial charge in [0.05, 0.1) is 14.2 Å². The van der Waals surface area contributed by atoms with E-state index in [2.05, 4.69) is 78.1 Å². The van der Waals surface area contributed by atoms with E-state index in [9.17, 15) is 0 Å². The molecule has 2 aliphatic heterocycles. The van der Waals surface area contributed by atoms with E-state index in [1.165, 1.54) is 32.0 Å². The third-order valence-corrected chi connectivity index (χ3v) is 9.28. The quantitative estimate of drug-likeness (QED) is 0.363. The predicted molar refractivity (Wildman–Crippen MR) is 135 cm³/mol. The summed E-state index contributed by atoms with van der Waals surface area (Å²) in [6.45, 7) is 0. The molecule has 33 heavy (non-hydrogen) atoms. The SMILES string of the molecule is COc1ccc([C@@]23N[C@@](c4ccc(OC)cc4)(Sc4ccccc42)c2ccccc2S3)cc1. The maximum Gasteiger partial charge on any atom is 0.123 e. The second-order valence-corrected chi connectivity index (χ2v) is 10.7. The molecule has 2 atom stereocenters. The highest BCUT2D eigenvalue weighted by Gasteiger charge is 2.55. The Morgan fingerprint density at radius 2 is 0.939 bits per heavy atom. The molecule has 0 saturated carbocycles. The van der Waals surface area contributed by atoms with E-state index in [1.54, 1.807) is 14.2 Å². The van der Waals surface area contributed by atoms with Crippen LogP contribution in [0, 0.1) is 0 Å². The van der Waals surface area contributed by atoms with Crippen LogP contribution in [0.1, 0.15) is 22.3 Å². The van der Waals surface area contributed by atoms with Gasteiger partial charge < -0.3 is 9.47 Å². The molecule has 0 unspecified atom stereocenters. The molecular formula is C28H23NO2S2. The first-order valence-electron chi connectivity index (χ1n) is 10.8. The topological polar surface area (TPSA) is 30.5 Å². The zero-order chi connectivity index (χ0) is 22.5. The maximum atomic E-state index is 5.45. The van der Waals surface area contributed by atoms with Crippen LogP contribution in [0.2, 0.25) is 0 Å². The largest absolute Gasteiger partial charge is 0.497 e. The summed E-state index contributed by atoms with van der Waals surface area (Å²) >= 11 is 3.76. The van der Waals surface area contributed by atoms with Gasteiger partial charge in [-0.05, 0) is 47.5 Å². The molecule has 0 radical (unpaired) electrons. The van der Waals surface area contributed by atoms with Gasteiger partial charge in [-0.2, -0.15) is 0 Å². The van der Waals surface area contributed by atoms with Crippen LogP contribution in [0.25, 0.3) is 0 Å². The van der Waals surface area contributed by atoms with Gasteiger partial charge in [-0.15, -0.1) is 0 Å². The Labute approximate surface area is 202 Å². The highest BCUT2D eigenvalue weighted by molar-refractivity contribution is 8.02. The normalized spacial score (nSPS) is 22.7. The Kier molecular flexibility index (Phi) is 4.94. The lowest BCUT2D eigenvalue weighted by molar-refractivity contribution is 0.410. The fourth-order valence-corrected chi connectivity index (χ4v) is 8.09. The second kappa shape index (κ2) is 7.87. The van der Waals surface area contributed by atoms with E-state index in [4.69, 9.17) is 9.47 Å². The standard InChI is InChI=1S/C28H23NO2S2/c1-30-21-15-11-19(12-16-21)27-23-7-3-5-9-25(23)33-28(29-27,20-13-17-22(31-2)18-14-20)24-8-4-6-10-26(24)32-27/h3-18,29H,1-2H3/t27-,28-/m0/s1. The zero-order valence-electron chi connectivity index (χ0n) is 18.4. The van der Waals surface area contributed by atoms with Gasteiger partial charge in [0, 0.05) is 20.9 Å². The minimum absolute atomic E-state index is 0.442. The van der Waals surface area contributed by atoms with Gasteiger partial charge in [0.15, 0.2) is 0 Å². The maximum absolute atomic E-state index is 5.45. The molecule has 1 N–H and O–H groups in total. The first kappa shape index (κ1) is 20.7. The summed E-state index contributed by atoms with van der Waals surface area (Å²) in [5, 5.41) is 4.14. The molecule has 0 aromatic heterocycles. The minimum atomic E-state index is -0.442. The van der Waals surface area contributed by atoms with E-state index >= 15 is 0 Å². The molecule has 2 aliphatic rings. The third-order valence-electron chi connectivity index (χ3n) is 6.40. The lowest BCUT2D eigenvalue weighted by atomic mass is 9.90. The highest BCUT2D eigenvalue weighted by atomic mass is 32.2. The molecule has 4 aromatic rings. The van der Waals surface area contributed by atoms with Crippen molar-refractivity contribution in [2.75, 3.05) is 14.2 Å². The van der Waals surface area contributed by atoms with Crippen molar-refractivity contribution in [1.82, 2.24) is 5.32 Å². The molecule has 164 valence electrons. The number of benzene rings is 4. The Balaban J connectivity index is 1.64. The number of hydrogen-bond donors (Lipinski definition) is 1. The number of nitrogens with one attached hydrogen (secondary N) is 1. The zero-order valence-corrected chi connectivity index (χ0v) is 20.0. The summed E-state index contributed by atoms with van der Waals surface area (Å²) in [7, 11) is 3.41. The number of thioether (sulfide) groups is 2. The average molecular weight is 470 g/mol. The van der Waals surface area contributed by atoms with Crippen LogP contribution in [0.3, 0.4) is 0 Å². The van der Waals surface area contributed by atoms with Crippen molar-refractivity contribution in [2.45, 2.75) is 19.5 Å². The third kappa shape index (κ3) is 3.11. The van der Waals surface area contributed by atoms with Gasteiger partial charge in [-0.25, -0.2) is 0 Å². The molecule has 3 nitrogen and oxygen atoms in total. The Bertz CT molecular complexity index is 1220. The summed E-state index contributed by atoms with van der Waals surface area (Å²) < 4.78 is 10.9. The van der Waals surface area contributed by atoms with Gasteiger partial charge >= 0.3 is 0 Å². The predicted octanol–water partition coefficient (Wildman–Crippen LogP) is 6.61. The average Bonchev–Trinajstić information content (AvgIpc) is 2.89. The van der Waals surface area contributed by atoms with Gasteiger partial charge in [0.1, 0.15) is 21.2 Å². The van der Waals surface area contributed by atoms with Crippen LogP contribution in [-0.4, -0.2) is 14.2 Å². The fraction of sp³-hybridized carbons (Fsp3) is 0.143. The van der Waals surface area contributed by atoms with Gasteiger partial charge in [0.25, 0.3) is 0 Å². The Morgan fingerprint density at radius 1 is 0.545 bits per heavy atom. The number of hydrogen-bond acceptors (Lipinski definition) is 5. The number of rotatable bonds is 4. The van der Waals surface area contributed by atoms with Crippen LogP contribution in [0.4, 0.5) is 0 Å². The van der Waals surface area contributed by atoms with Crippen LogP contribution in [-0.2, 0) is 9.74 Å². The summed E-state index contributed by atoms with van der Waals surface area (Å²) in [6.07, 6.45) is 0. The van der Waals surface area contributed by atoms with Gasteiger partial charge in [0.2, 0.25) is 0 Å². The summed E-state index contributed by atoms with van der Waals surface area (Å²) in [4.78, 5) is 1.68. The number of methoxy groups -OCH3 is 2.